The molecule has 4 N–H and O–H groups in total. The second-order valence-corrected chi connectivity index (χ2v) is 8.17. The largest absolute Gasteiger partial charge is 0.384 e. The molecule has 0 aliphatic heterocycles. The first kappa shape index (κ1) is 26.2. The molecular weight excluding hydrogens is 454 g/mol. The van der Waals surface area contributed by atoms with E-state index in [1.165, 1.54) is 0 Å². The zero-order chi connectivity index (χ0) is 24.7. The quantitative estimate of drug-likeness (QED) is 0.272. The van der Waals surface area contributed by atoms with Crippen molar-refractivity contribution in [2.45, 2.75) is 33.4 Å². The number of ether oxygens (including phenoxy) is 1. The van der Waals surface area contributed by atoms with Gasteiger partial charge in [0, 0.05) is 42.6 Å². The Kier molecular flexibility index (Phi) is 9.31. The molecule has 0 aliphatic carbocycles. The summed E-state index contributed by atoms with van der Waals surface area (Å²) >= 11 is 5.93. The Labute approximate surface area is 196 Å². The maximum atomic E-state index is 14.9. The number of nitrogen functional groups attached to an aromatic ring is 1. The summed E-state index contributed by atoms with van der Waals surface area (Å²) in [6, 6.07) is 8.27. The Morgan fingerprint density at radius 1 is 1.15 bits per heavy atom. The number of nitrogens with one attached hydrogen (secondary N) is 2. The average molecular weight is 481 g/mol. The van der Waals surface area contributed by atoms with Crippen LogP contribution in [-0.4, -0.2) is 35.2 Å². The van der Waals surface area contributed by atoms with Gasteiger partial charge in [-0.05, 0) is 30.5 Å². The zero-order valence-corrected chi connectivity index (χ0v) is 19.4. The monoisotopic (exact) mass is 480 g/mol. The summed E-state index contributed by atoms with van der Waals surface area (Å²) in [5.74, 6) is -3.70. The highest BCUT2D eigenvalue weighted by Gasteiger charge is 2.29. The van der Waals surface area contributed by atoms with Gasteiger partial charge in [-0.3, -0.25) is 19.4 Å². The number of amidine groups is 1. The van der Waals surface area contributed by atoms with Crippen molar-refractivity contribution in [3.63, 3.8) is 0 Å². The van der Waals surface area contributed by atoms with E-state index in [4.69, 9.17) is 27.7 Å². The topological polar surface area (TPSA) is 109 Å². The van der Waals surface area contributed by atoms with E-state index in [2.05, 4.69) is 5.32 Å². The van der Waals surface area contributed by atoms with Crippen LogP contribution in [0.1, 0.15) is 53.9 Å². The van der Waals surface area contributed by atoms with Gasteiger partial charge in [0.1, 0.15) is 17.5 Å². The summed E-state index contributed by atoms with van der Waals surface area (Å²) in [5.41, 5.74) is 5.77. The summed E-state index contributed by atoms with van der Waals surface area (Å²) in [6.07, 6.45) is -1.56. The van der Waals surface area contributed by atoms with Crippen LogP contribution >= 0.6 is 11.8 Å². The fourth-order valence-corrected chi connectivity index (χ4v) is 3.42. The van der Waals surface area contributed by atoms with Gasteiger partial charge in [-0.2, -0.15) is 0 Å². The number of carbonyl (C=O) groups excluding carboxylic acids is 2. The highest BCUT2D eigenvalue weighted by Crippen LogP contribution is 2.27. The second-order valence-electron chi connectivity index (χ2n) is 7.76. The summed E-state index contributed by atoms with van der Waals surface area (Å²) < 4.78 is 35.9. The minimum absolute atomic E-state index is 0.0226. The van der Waals surface area contributed by atoms with Gasteiger partial charge in [0.05, 0.1) is 5.56 Å². The molecule has 0 saturated heterocycles. The number of nitrogens with zero attached hydrogens (tertiary/aromatic N) is 1. The standard InChI is InChI=1S/C23H27ClF2N4O3/c1-4-33-20(22(31)29-11-14-5-7-15(8-6-14)21(27)28)19-17(25)9-16(10-18(19)26)23(32)30(24)12-13(2)3/h5-10,13,20H,4,11-12H2,1-3H3,(H3,27,28)(H,29,31). The van der Waals surface area contributed by atoms with Crippen LogP contribution < -0.4 is 11.1 Å². The molecule has 0 heterocycles. The molecule has 1 unspecified atom stereocenters. The van der Waals surface area contributed by atoms with Gasteiger partial charge in [0.15, 0.2) is 6.10 Å². The van der Waals surface area contributed by atoms with E-state index in [-0.39, 0.29) is 37.0 Å². The Hall–Kier alpha value is -3.04. The van der Waals surface area contributed by atoms with Crippen molar-refractivity contribution in [1.82, 2.24) is 9.74 Å². The molecule has 2 amide bonds. The van der Waals surface area contributed by atoms with E-state index >= 15 is 0 Å². The fraction of sp³-hybridized carbons (Fsp3) is 0.348. The fourth-order valence-electron chi connectivity index (χ4n) is 3.04. The van der Waals surface area contributed by atoms with Crippen LogP contribution in [-0.2, 0) is 16.1 Å². The Bertz CT molecular complexity index is 992. The van der Waals surface area contributed by atoms with Gasteiger partial charge in [0.25, 0.3) is 11.8 Å². The van der Waals surface area contributed by atoms with Crippen molar-refractivity contribution in [2.24, 2.45) is 11.7 Å². The molecule has 0 bridgehead atoms. The molecule has 0 saturated carbocycles. The molecule has 2 rings (SSSR count). The SMILES string of the molecule is CCOC(C(=O)NCc1ccc(C(=N)N)cc1)c1c(F)cc(C(=O)N(Cl)CC(C)C)cc1F. The van der Waals surface area contributed by atoms with Crippen molar-refractivity contribution in [3.8, 4) is 0 Å². The lowest BCUT2D eigenvalue weighted by atomic mass is 10.0. The highest BCUT2D eigenvalue weighted by molar-refractivity contribution is 6.24. The van der Waals surface area contributed by atoms with E-state index in [0.717, 1.165) is 16.6 Å². The van der Waals surface area contributed by atoms with E-state index in [0.29, 0.717) is 11.1 Å². The summed E-state index contributed by atoms with van der Waals surface area (Å²) in [6.45, 7) is 5.56. The van der Waals surface area contributed by atoms with Crippen LogP contribution in [0.15, 0.2) is 36.4 Å². The number of benzene rings is 2. The number of nitrogens with two attached hydrogens (primary N) is 1. The van der Waals surface area contributed by atoms with Gasteiger partial charge >= 0.3 is 0 Å². The van der Waals surface area contributed by atoms with Crippen LogP contribution in [0, 0.1) is 23.0 Å². The number of carbonyl (C=O) groups is 2. The predicted molar refractivity (Wildman–Crippen MR) is 122 cm³/mol. The van der Waals surface area contributed by atoms with Crippen molar-refractivity contribution in [3.05, 3.63) is 70.3 Å². The number of rotatable bonds is 10. The molecule has 10 heteroatoms. The molecular formula is C23H27ClF2N4O3. The molecule has 2 aromatic rings. The lowest BCUT2D eigenvalue weighted by Gasteiger charge is -2.20. The molecule has 0 radical (unpaired) electrons. The van der Waals surface area contributed by atoms with Crippen molar-refractivity contribution in [2.75, 3.05) is 13.2 Å². The molecule has 178 valence electrons. The van der Waals surface area contributed by atoms with Gasteiger partial charge in [-0.25, -0.2) is 8.78 Å². The molecule has 0 aromatic heterocycles. The summed E-state index contributed by atoms with van der Waals surface area (Å²) in [4.78, 5) is 25.1. The van der Waals surface area contributed by atoms with Crippen LogP contribution in [0.5, 0.6) is 0 Å². The van der Waals surface area contributed by atoms with Gasteiger partial charge in [0.2, 0.25) is 0 Å². The van der Waals surface area contributed by atoms with E-state index < -0.39 is 35.1 Å². The van der Waals surface area contributed by atoms with Crippen LogP contribution in [0.2, 0.25) is 0 Å². The van der Waals surface area contributed by atoms with E-state index in [1.807, 2.05) is 13.8 Å². The Morgan fingerprint density at radius 3 is 2.21 bits per heavy atom. The first-order valence-electron chi connectivity index (χ1n) is 10.3. The lowest BCUT2D eigenvalue weighted by Crippen LogP contribution is -2.32. The predicted octanol–water partition coefficient (Wildman–Crippen LogP) is 3.89. The third kappa shape index (κ3) is 6.97. The van der Waals surface area contributed by atoms with Crippen LogP contribution in [0.4, 0.5) is 8.78 Å². The first-order valence-corrected chi connectivity index (χ1v) is 10.7. The zero-order valence-electron chi connectivity index (χ0n) is 18.6. The smallest absolute Gasteiger partial charge is 0.268 e. The molecule has 0 spiro atoms. The van der Waals surface area contributed by atoms with E-state index in [1.54, 1.807) is 31.2 Å². The molecule has 0 aliphatic rings. The number of halogens is 3. The molecule has 33 heavy (non-hydrogen) atoms. The van der Waals surface area contributed by atoms with Crippen molar-refractivity contribution < 1.29 is 23.1 Å². The van der Waals surface area contributed by atoms with Gasteiger partial charge in [-0.1, -0.05) is 38.1 Å². The maximum Gasteiger partial charge on any atom is 0.268 e. The van der Waals surface area contributed by atoms with Gasteiger partial charge < -0.3 is 15.8 Å². The maximum absolute atomic E-state index is 14.9. The second kappa shape index (κ2) is 11.7. The molecule has 0 fully saturated rings. The minimum Gasteiger partial charge on any atom is -0.384 e. The highest BCUT2D eigenvalue weighted by atomic mass is 35.5. The Balaban J connectivity index is 2.22. The van der Waals surface area contributed by atoms with Crippen molar-refractivity contribution >= 4 is 29.4 Å². The third-order valence-electron chi connectivity index (χ3n) is 4.64. The van der Waals surface area contributed by atoms with Crippen LogP contribution in [0.25, 0.3) is 0 Å². The van der Waals surface area contributed by atoms with Crippen molar-refractivity contribution in [1.29, 1.82) is 5.41 Å². The third-order valence-corrected chi connectivity index (χ3v) is 4.93. The van der Waals surface area contributed by atoms with Gasteiger partial charge in [-0.15, -0.1) is 0 Å². The average Bonchev–Trinajstić information content (AvgIpc) is 2.75. The summed E-state index contributed by atoms with van der Waals surface area (Å²) in [5, 5.41) is 9.98. The molecule has 7 nitrogen and oxygen atoms in total. The number of amides is 2. The normalized spacial score (nSPS) is 11.8. The van der Waals surface area contributed by atoms with E-state index in [9.17, 15) is 18.4 Å². The lowest BCUT2D eigenvalue weighted by molar-refractivity contribution is -0.133. The number of hydrogen-bond donors (Lipinski definition) is 3. The minimum atomic E-state index is -1.56. The molecule has 1 atom stereocenters. The number of hydrogen-bond acceptors (Lipinski definition) is 4. The first-order chi connectivity index (χ1) is 15.5. The Morgan fingerprint density at radius 2 is 1.73 bits per heavy atom. The van der Waals surface area contributed by atoms with Crippen LogP contribution in [0.3, 0.4) is 0 Å². The molecule has 2 aromatic carbocycles. The summed E-state index contributed by atoms with van der Waals surface area (Å²) in [7, 11) is 0.